The number of hydrogen-bond donors (Lipinski definition) is 1. The first kappa shape index (κ1) is 14.5. The van der Waals surface area contributed by atoms with E-state index in [9.17, 15) is 0 Å². The monoisotopic (exact) mass is 275 g/mol. The molecule has 0 fully saturated rings. The molecule has 1 heterocycles. The lowest BCUT2D eigenvalue weighted by Crippen LogP contribution is -2.21. The zero-order chi connectivity index (χ0) is 14.9. The number of benzene rings is 1. The zero-order valence-corrected chi connectivity index (χ0v) is 12.6. The quantitative estimate of drug-likeness (QED) is 0.869. The van der Waals surface area contributed by atoms with E-state index < -0.39 is 0 Å². The van der Waals surface area contributed by atoms with Crippen molar-refractivity contribution in [3.8, 4) is 11.5 Å². The van der Waals surface area contributed by atoms with Crippen LogP contribution in [0.2, 0.25) is 0 Å². The van der Waals surface area contributed by atoms with Gasteiger partial charge in [0.05, 0.1) is 0 Å². The van der Waals surface area contributed by atoms with Gasteiger partial charge in [-0.05, 0) is 36.1 Å². The molecule has 5 heteroatoms. The summed E-state index contributed by atoms with van der Waals surface area (Å²) >= 11 is 0. The Kier molecular flexibility index (Phi) is 3.81. The molecule has 0 aliphatic carbocycles. The van der Waals surface area contributed by atoms with Gasteiger partial charge in [-0.2, -0.15) is 4.98 Å². The third-order valence-corrected chi connectivity index (χ3v) is 3.22. The highest BCUT2D eigenvalue weighted by Crippen LogP contribution is 2.34. The number of rotatable bonds is 3. The number of nitrogens with zero attached hydrogens (tertiary/aromatic N) is 2. The first-order valence-electron chi connectivity index (χ1n) is 6.56. The fraction of sp³-hybridized carbons (Fsp3) is 0.467. The van der Waals surface area contributed by atoms with Crippen molar-refractivity contribution in [1.29, 1.82) is 0 Å². The van der Waals surface area contributed by atoms with Crippen LogP contribution < -0.4 is 5.73 Å². The van der Waals surface area contributed by atoms with E-state index >= 15 is 0 Å². The molecule has 0 bridgehead atoms. The molecule has 5 nitrogen and oxygen atoms in total. The summed E-state index contributed by atoms with van der Waals surface area (Å²) in [6.07, 6.45) is -0.213. The van der Waals surface area contributed by atoms with Crippen LogP contribution in [0.3, 0.4) is 0 Å². The van der Waals surface area contributed by atoms with Gasteiger partial charge < -0.3 is 15.0 Å². The maximum Gasteiger partial charge on any atom is 0.258 e. The molecule has 2 rings (SSSR count). The molecule has 1 aromatic carbocycles. The fourth-order valence-corrected chi connectivity index (χ4v) is 2.11. The Bertz CT molecular complexity index is 599. The van der Waals surface area contributed by atoms with Crippen LogP contribution in [0.25, 0.3) is 11.5 Å². The lowest BCUT2D eigenvalue weighted by molar-refractivity contribution is 0.00718. The van der Waals surface area contributed by atoms with Crippen molar-refractivity contribution < 1.29 is 9.26 Å². The molecule has 0 saturated carbocycles. The Morgan fingerprint density at radius 3 is 2.55 bits per heavy atom. The number of anilines is 1. The van der Waals surface area contributed by atoms with Crippen molar-refractivity contribution in [2.75, 3.05) is 12.8 Å². The summed E-state index contributed by atoms with van der Waals surface area (Å²) in [4.78, 5) is 4.45. The fourth-order valence-electron chi connectivity index (χ4n) is 2.11. The molecule has 2 N–H and O–H groups in total. The molecular weight excluding hydrogens is 254 g/mol. The van der Waals surface area contributed by atoms with E-state index in [1.165, 1.54) is 0 Å². The third-order valence-electron chi connectivity index (χ3n) is 3.22. The number of nitrogens with two attached hydrogens (primary N) is 1. The Morgan fingerprint density at radius 1 is 1.30 bits per heavy atom. The molecule has 108 valence electrons. The van der Waals surface area contributed by atoms with Crippen molar-refractivity contribution in [3.05, 3.63) is 29.6 Å². The second kappa shape index (κ2) is 5.25. The molecular formula is C15H21N3O2. The van der Waals surface area contributed by atoms with E-state index in [-0.39, 0.29) is 11.5 Å². The number of ether oxygens (including phenoxy) is 1. The van der Waals surface area contributed by atoms with Gasteiger partial charge in [-0.15, -0.1) is 0 Å². The largest absolute Gasteiger partial charge is 0.399 e. The van der Waals surface area contributed by atoms with Crippen LogP contribution >= 0.6 is 0 Å². The van der Waals surface area contributed by atoms with E-state index in [0.29, 0.717) is 11.7 Å². The molecule has 0 aliphatic heterocycles. The van der Waals surface area contributed by atoms with E-state index in [2.05, 4.69) is 30.9 Å². The van der Waals surface area contributed by atoms with Crippen molar-refractivity contribution >= 4 is 5.69 Å². The van der Waals surface area contributed by atoms with Gasteiger partial charge in [-0.25, -0.2) is 0 Å². The normalized spacial score (nSPS) is 13.4. The van der Waals surface area contributed by atoms with E-state index in [1.807, 2.05) is 25.1 Å². The minimum absolute atomic E-state index is 0.104. The molecule has 0 radical (unpaired) electrons. The van der Waals surface area contributed by atoms with E-state index in [1.54, 1.807) is 7.11 Å². The van der Waals surface area contributed by atoms with Gasteiger partial charge in [0.1, 0.15) is 6.10 Å². The summed E-state index contributed by atoms with van der Waals surface area (Å²) in [6, 6.07) is 5.65. The van der Waals surface area contributed by atoms with Crippen LogP contribution in [0.15, 0.2) is 22.7 Å². The molecule has 0 amide bonds. The molecule has 1 unspecified atom stereocenters. The highest BCUT2D eigenvalue weighted by atomic mass is 16.5. The number of aromatic nitrogens is 2. The van der Waals surface area contributed by atoms with Gasteiger partial charge >= 0.3 is 0 Å². The Hall–Kier alpha value is -1.88. The molecule has 0 spiro atoms. The van der Waals surface area contributed by atoms with Gasteiger partial charge in [0.25, 0.3) is 5.89 Å². The number of hydrogen-bond acceptors (Lipinski definition) is 5. The molecule has 1 aromatic heterocycles. The van der Waals surface area contributed by atoms with Gasteiger partial charge in [0.2, 0.25) is 5.82 Å². The molecule has 2 aromatic rings. The lowest BCUT2D eigenvalue weighted by Gasteiger charge is -2.26. The lowest BCUT2D eigenvalue weighted by atomic mass is 9.88. The number of aryl methyl sites for hydroxylation is 1. The standard InChI is InChI=1S/C15H21N3O2/c1-9-8-10(6-7-11(9)16)14-17-13(18-20-14)12(19-5)15(2,3)4/h6-8,12H,16H2,1-5H3. The summed E-state index contributed by atoms with van der Waals surface area (Å²) in [5.41, 5.74) is 8.30. The van der Waals surface area contributed by atoms with Crippen molar-refractivity contribution in [2.45, 2.75) is 33.8 Å². The Labute approximate surface area is 119 Å². The highest BCUT2D eigenvalue weighted by Gasteiger charge is 2.30. The highest BCUT2D eigenvalue weighted by molar-refractivity contribution is 5.60. The predicted molar refractivity (Wildman–Crippen MR) is 78.1 cm³/mol. The zero-order valence-electron chi connectivity index (χ0n) is 12.6. The second-order valence-electron chi connectivity index (χ2n) is 6.01. The summed E-state index contributed by atoms with van der Waals surface area (Å²) in [6.45, 7) is 8.17. The number of methoxy groups -OCH3 is 1. The van der Waals surface area contributed by atoms with Crippen molar-refractivity contribution in [3.63, 3.8) is 0 Å². The van der Waals surface area contributed by atoms with Crippen molar-refractivity contribution in [1.82, 2.24) is 10.1 Å². The first-order valence-corrected chi connectivity index (χ1v) is 6.56. The minimum atomic E-state index is -0.213. The average Bonchev–Trinajstić information content (AvgIpc) is 2.81. The molecule has 20 heavy (non-hydrogen) atoms. The predicted octanol–water partition coefficient (Wildman–Crippen LogP) is 3.36. The van der Waals surface area contributed by atoms with Crippen LogP contribution in [0.1, 0.15) is 38.3 Å². The maximum absolute atomic E-state index is 5.81. The van der Waals surface area contributed by atoms with Gasteiger partial charge in [-0.1, -0.05) is 25.9 Å². The van der Waals surface area contributed by atoms with Crippen LogP contribution in [0.4, 0.5) is 5.69 Å². The van der Waals surface area contributed by atoms with Crippen molar-refractivity contribution in [2.24, 2.45) is 5.41 Å². The summed E-state index contributed by atoms with van der Waals surface area (Å²) in [5, 5.41) is 4.04. The maximum atomic E-state index is 5.81. The summed E-state index contributed by atoms with van der Waals surface area (Å²) < 4.78 is 10.8. The van der Waals surface area contributed by atoms with E-state index in [0.717, 1.165) is 16.8 Å². The second-order valence-corrected chi connectivity index (χ2v) is 6.01. The molecule has 0 aliphatic rings. The Morgan fingerprint density at radius 2 is 2.00 bits per heavy atom. The van der Waals surface area contributed by atoms with Gasteiger partial charge in [0.15, 0.2) is 0 Å². The minimum Gasteiger partial charge on any atom is -0.399 e. The Balaban J connectivity index is 2.35. The van der Waals surface area contributed by atoms with Gasteiger partial charge in [-0.3, -0.25) is 0 Å². The molecule has 0 saturated heterocycles. The van der Waals surface area contributed by atoms with E-state index in [4.69, 9.17) is 15.0 Å². The van der Waals surface area contributed by atoms with Crippen LogP contribution in [0.5, 0.6) is 0 Å². The summed E-state index contributed by atoms with van der Waals surface area (Å²) in [5.74, 6) is 1.04. The number of nitrogen functional groups attached to an aromatic ring is 1. The first-order chi connectivity index (χ1) is 9.32. The SMILES string of the molecule is COC(c1noc(-c2ccc(N)c(C)c2)n1)C(C)(C)C. The van der Waals surface area contributed by atoms with Crippen LogP contribution in [-0.4, -0.2) is 17.3 Å². The molecule has 1 atom stereocenters. The topological polar surface area (TPSA) is 74.2 Å². The van der Waals surface area contributed by atoms with Crippen LogP contribution in [-0.2, 0) is 4.74 Å². The van der Waals surface area contributed by atoms with Crippen LogP contribution in [0, 0.1) is 12.3 Å². The third kappa shape index (κ3) is 2.82. The smallest absolute Gasteiger partial charge is 0.258 e. The average molecular weight is 275 g/mol. The van der Waals surface area contributed by atoms with Gasteiger partial charge in [0, 0.05) is 18.4 Å². The summed E-state index contributed by atoms with van der Waals surface area (Å²) in [7, 11) is 1.65.